The van der Waals surface area contributed by atoms with Gasteiger partial charge in [0.15, 0.2) is 0 Å². The first kappa shape index (κ1) is 15.0. The van der Waals surface area contributed by atoms with Crippen molar-refractivity contribution in [3.05, 3.63) is 41.6 Å². The molecule has 1 unspecified atom stereocenters. The van der Waals surface area contributed by atoms with Gasteiger partial charge in [0.1, 0.15) is 0 Å². The number of aromatic nitrogens is 1. The Labute approximate surface area is 122 Å². The number of hydrogen-bond acceptors (Lipinski definition) is 2. The molecule has 0 saturated heterocycles. The molecule has 1 aromatic carbocycles. The molecule has 0 fully saturated rings. The molecule has 2 rings (SSSR count). The van der Waals surface area contributed by atoms with E-state index < -0.39 is 0 Å². The monoisotopic (exact) mass is 270 g/mol. The SMILES string of the molecule is CCNC(Cc1cc(C)nc2ccccc12)CC(C)C. The van der Waals surface area contributed by atoms with E-state index in [1.165, 1.54) is 17.4 Å². The average Bonchev–Trinajstić information content (AvgIpc) is 2.38. The molecule has 1 heterocycles. The van der Waals surface area contributed by atoms with Gasteiger partial charge in [-0.1, -0.05) is 39.0 Å². The number of rotatable bonds is 6. The summed E-state index contributed by atoms with van der Waals surface area (Å²) in [6.45, 7) is 9.88. The second-order valence-corrected chi connectivity index (χ2v) is 6.03. The number of hydrogen-bond donors (Lipinski definition) is 1. The van der Waals surface area contributed by atoms with Gasteiger partial charge >= 0.3 is 0 Å². The second-order valence-electron chi connectivity index (χ2n) is 6.03. The molecule has 0 bridgehead atoms. The van der Waals surface area contributed by atoms with Crippen molar-refractivity contribution < 1.29 is 0 Å². The van der Waals surface area contributed by atoms with Crippen LogP contribution in [0.1, 0.15) is 38.4 Å². The topological polar surface area (TPSA) is 24.9 Å². The quantitative estimate of drug-likeness (QED) is 0.854. The minimum absolute atomic E-state index is 0.546. The predicted octanol–water partition coefficient (Wildman–Crippen LogP) is 4.11. The lowest BCUT2D eigenvalue weighted by molar-refractivity contribution is 0.424. The van der Waals surface area contributed by atoms with Crippen LogP contribution in [0.2, 0.25) is 0 Å². The molecule has 2 nitrogen and oxygen atoms in total. The summed E-state index contributed by atoms with van der Waals surface area (Å²) in [5.41, 5.74) is 3.64. The van der Waals surface area contributed by atoms with Crippen LogP contribution in [-0.4, -0.2) is 17.6 Å². The van der Waals surface area contributed by atoms with Gasteiger partial charge in [-0.05, 0) is 49.9 Å². The van der Waals surface area contributed by atoms with Gasteiger partial charge in [-0.15, -0.1) is 0 Å². The normalized spacial score (nSPS) is 13.1. The molecule has 0 spiro atoms. The molecular formula is C18H26N2. The number of likely N-dealkylation sites (N-methyl/N-ethyl adjacent to an activating group) is 1. The standard InChI is InChI=1S/C18H26N2/c1-5-19-16(10-13(2)3)12-15-11-14(4)20-18-9-7-6-8-17(15)18/h6-9,11,13,16,19H,5,10,12H2,1-4H3. The summed E-state index contributed by atoms with van der Waals surface area (Å²) >= 11 is 0. The molecule has 0 amide bonds. The fourth-order valence-electron chi connectivity index (χ4n) is 2.93. The zero-order valence-corrected chi connectivity index (χ0v) is 13.1. The molecule has 1 atom stereocenters. The first-order valence-corrected chi connectivity index (χ1v) is 7.68. The Morgan fingerprint density at radius 3 is 2.65 bits per heavy atom. The van der Waals surface area contributed by atoms with Crippen molar-refractivity contribution in [3.63, 3.8) is 0 Å². The number of nitrogens with zero attached hydrogens (tertiary/aromatic N) is 1. The van der Waals surface area contributed by atoms with Crippen LogP contribution in [0.3, 0.4) is 0 Å². The molecule has 1 N–H and O–H groups in total. The molecule has 0 radical (unpaired) electrons. The molecule has 2 aromatic rings. The Bertz CT molecular complexity index is 560. The first-order chi connectivity index (χ1) is 9.60. The van der Waals surface area contributed by atoms with E-state index >= 15 is 0 Å². The van der Waals surface area contributed by atoms with Gasteiger partial charge in [0.2, 0.25) is 0 Å². The smallest absolute Gasteiger partial charge is 0.0707 e. The largest absolute Gasteiger partial charge is 0.314 e. The van der Waals surface area contributed by atoms with Crippen molar-refractivity contribution in [3.8, 4) is 0 Å². The van der Waals surface area contributed by atoms with E-state index in [1.807, 2.05) is 0 Å². The summed E-state index contributed by atoms with van der Waals surface area (Å²) in [5.74, 6) is 0.716. The summed E-state index contributed by atoms with van der Waals surface area (Å²) in [6, 6.07) is 11.3. The minimum atomic E-state index is 0.546. The van der Waals surface area contributed by atoms with Crippen molar-refractivity contribution in [1.29, 1.82) is 0 Å². The van der Waals surface area contributed by atoms with Gasteiger partial charge in [-0.2, -0.15) is 0 Å². The van der Waals surface area contributed by atoms with Crippen molar-refractivity contribution in [2.45, 2.75) is 46.6 Å². The van der Waals surface area contributed by atoms with Crippen LogP contribution >= 0.6 is 0 Å². The number of benzene rings is 1. The summed E-state index contributed by atoms with van der Waals surface area (Å²) in [7, 11) is 0. The van der Waals surface area contributed by atoms with Gasteiger partial charge in [0.25, 0.3) is 0 Å². The lowest BCUT2D eigenvalue weighted by Gasteiger charge is -2.21. The van der Waals surface area contributed by atoms with E-state index in [2.05, 4.69) is 68.3 Å². The summed E-state index contributed by atoms with van der Waals surface area (Å²) in [5, 5.41) is 4.92. The minimum Gasteiger partial charge on any atom is -0.314 e. The molecule has 1 aromatic heterocycles. The highest BCUT2D eigenvalue weighted by Crippen LogP contribution is 2.21. The Kier molecular flexibility index (Phi) is 5.13. The molecule has 2 heteroatoms. The number of aryl methyl sites for hydroxylation is 1. The highest BCUT2D eigenvalue weighted by Gasteiger charge is 2.13. The van der Waals surface area contributed by atoms with Crippen LogP contribution in [0.15, 0.2) is 30.3 Å². The Hall–Kier alpha value is -1.41. The van der Waals surface area contributed by atoms with Crippen LogP contribution in [0.25, 0.3) is 10.9 Å². The maximum absolute atomic E-state index is 4.63. The van der Waals surface area contributed by atoms with Gasteiger partial charge in [0.05, 0.1) is 5.52 Å². The fraction of sp³-hybridized carbons (Fsp3) is 0.500. The maximum Gasteiger partial charge on any atom is 0.0707 e. The molecular weight excluding hydrogens is 244 g/mol. The van der Waals surface area contributed by atoms with E-state index in [-0.39, 0.29) is 0 Å². The number of para-hydroxylation sites is 1. The molecule has 0 aliphatic heterocycles. The van der Waals surface area contributed by atoms with Crippen molar-refractivity contribution in [2.75, 3.05) is 6.54 Å². The maximum atomic E-state index is 4.63. The van der Waals surface area contributed by atoms with Crippen molar-refractivity contribution >= 4 is 10.9 Å². The lowest BCUT2D eigenvalue weighted by atomic mass is 9.95. The van der Waals surface area contributed by atoms with Crippen LogP contribution in [0, 0.1) is 12.8 Å². The van der Waals surface area contributed by atoms with E-state index in [0.717, 1.165) is 24.2 Å². The van der Waals surface area contributed by atoms with E-state index in [4.69, 9.17) is 0 Å². The van der Waals surface area contributed by atoms with Gasteiger partial charge in [-0.3, -0.25) is 4.98 Å². The molecule has 0 saturated carbocycles. The molecule has 108 valence electrons. The molecule has 20 heavy (non-hydrogen) atoms. The van der Waals surface area contributed by atoms with E-state index in [9.17, 15) is 0 Å². The number of nitrogens with one attached hydrogen (secondary N) is 1. The number of pyridine rings is 1. The average molecular weight is 270 g/mol. The summed E-state index contributed by atoms with van der Waals surface area (Å²) in [4.78, 5) is 4.63. The van der Waals surface area contributed by atoms with Gasteiger partial charge < -0.3 is 5.32 Å². The third-order valence-corrected chi connectivity index (χ3v) is 3.64. The summed E-state index contributed by atoms with van der Waals surface area (Å²) < 4.78 is 0. The zero-order valence-electron chi connectivity index (χ0n) is 13.1. The Morgan fingerprint density at radius 2 is 1.95 bits per heavy atom. The van der Waals surface area contributed by atoms with Crippen molar-refractivity contribution in [2.24, 2.45) is 5.92 Å². The summed E-state index contributed by atoms with van der Waals surface area (Å²) in [6.07, 6.45) is 2.29. The zero-order chi connectivity index (χ0) is 14.5. The lowest BCUT2D eigenvalue weighted by Crippen LogP contribution is -2.32. The Morgan fingerprint density at radius 1 is 1.20 bits per heavy atom. The Balaban J connectivity index is 2.31. The first-order valence-electron chi connectivity index (χ1n) is 7.68. The predicted molar refractivity (Wildman–Crippen MR) is 87.1 cm³/mol. The highest BCUT2D eigenvalue weighted by molar-refractivity contribution is 5.82. The van der Waals surface area contributed by atoms with Crippen LogP contribution in [0.4, 0.5) is 0 Å². The fourth-order valence-corrected chi connectivity index (χ4v) is 2.93. The number of fused-ring (bicyclic) bond motifs is 1. The third-order valence-electron chi connectivity index (χ3n) is 3.64. The van der Waals surface area contributed by atoms with E-state index in [1.54, 1.807) is 0 Å². The van der Waals surface area contributed by atoms with Crippen LogP contribution in [0.5, 0.6) is 0 Å². The van der Waals surface area contributed by atoms with E-state index in [0.29, 0.717) is 12.0 Å². The molecule has 0 aliphatic carbocycles. The third kappa shape index (κ3) is 3.80. The van der Waals surface area contributed by atoms with Gasteiger partial charge in [0, 0.05) is 17.1 Å². The van der Waals surface area contributed by atoms with Crippen LogP contribution < -0.4 is 5.32 Å². The highest BCUT2D eigenvalue weighted by atomic mass is 14.9. The second kappa shape index (κ2) is 6.85. The molecule has 0 aliphatic rings. The van der Waals surface area contributed by atoms with Gasteiger partial charge in [-0.25, -0.2) is 0 Å². The van der Waals surface area contributed by atoms with Crippen LogP contribution in [-0.2, 0) is 6.42 Å². The van der Waals surface area contributed by atoms with Crippen molar-refractivity contribution in [1.82, 2.24) is 10.3 Å².